The standard InChI is InChI=1S/C10H15N.ClH/c1-4-9-5-7(2)10(11)8(3)6-9;/h5-6H,4,11H2,1-3H3;1H. The Balaban J connectivity index is 0.00000121. The maximum atomic E-state index is 5.81. The molecule has 1 rings (SSSR count). The van der Waals surface area contributed by atoms with Crippen LogP contribution in [0.1, 0.15) is 23.6 Å². The smallest absolute Gasteiger partial charge is 0.0373 e. The molecule has 0 amide bonds. The van der Waals surface area contributed by atoms with E-state index in [1.165, 1.54) is 16.7 Å². The van der Waals surface area contributed by atoms with E-state index in [1.807, 2.05) is 0 Å². The van der Waals surface area contributed by atoms with Gasteiger partial charge in [0.2, 0.25) is 0 Å². The average Bonchev–Trinajstić information content (AvgIpc) is 1.99. The minimum Gasteiger partial charge on any atom is -0.398 e. The molecule has 0 fully saturated rings. The van der Waals surface area contributed by atoms with Crippen molar-refractivity contribution in [3.63, 3.8) is 0 Å². The molecule has 1 nitrogen and oxygen atoms in total. The van der Waals surface area contributed by atoms with Crippen molar-refractivity contribution in [2.75, 3.05) is 5.73 Å². The van der Waals surface area contributed by atoms with E-state index >= 15 is 0 Å². The summed E-state index contributed by atoms with van der Waals surface area (Å²) >= 11 is 0. The number of rotatable bonds is 1. The van der Waals surface area contributed by atoms with Crippen LogP contribution in [-0.2, 0) is 6.42 Å². The molecule has 0 aliphatic rings. The van der Waals surface area contributed by atoms with Crippen molar-refractivity contribution in [2.24, 2.45) is 0 Å². The largest absolute Gasteiger partial charge is 0.398 e. The van der Waals surface area contributed by atoms with E-state index < -0.39 is 0 Å². The van der Waals surface area contributed by atoms with E-state index in [4.69, 9.17) is 5.73 Å². The molecule has 0 aromatic heterocycles. The quantitative estimate of drug-likeness (QED) is 0.670. The topological polar surface area (TPSA) is 26.0 Å². The van der Waals surface area contributed by atoms with E-state index in [1.54, 1.807) is 0 Å². The van der Waals surface area contributed by atoms with Crippen molar-refractivity contribution in [3.8, 4) is 0 Å². The minimum atomic E-state index is 0. The molecular weight excluding hydrogens is 170 g/mol. The lowest BCUT2D eigenvalue weighted by atomic mass is 10.0. The molecule has 0 radical (unpaired) electrons. The first-order valence-electron chi connectivity index (χ1n) is 4.00. The van der Waals surface area contributed by atoms with Crippen molar-refractivity contribution >= 4 is 18.1 Å². The molecule has 68 valence electrons. The van der Waals surface area contributed by atoms with Crippen molar-refractivity contribution in [2.45, 2.75) is 27.2 Å². The summed E-state index contributed by atoms with van der Waals surface area (Å²) in [5.41, 5.74) is 10.5. The third-order valence-electron chi connectivity index (χ3n) is 2.06. The summed E-state index contributed by atoms with van der Waals surface area (Å²) in [6.07, 6.45) is 1.09. The number of hydrogen-bond donors (Lipinski definition) is 1. The van der Waals surface area contributed by atoms with Gasteiger partial charge in [0.05, 0.1) is 0 Å². The molecule has 0 saturated heterocycles. The predicted octanol–water partition coefficient (Wildman–Crippen LogP) is 2.87. The number of hydrogen-bond acceptors (Lipinski definition) is 1. The van der Waals surface area contributed by atoms with Gasteiger partial charge in [0, 0.05) is 5.69 Å². The highest BCUT2D eigenvalue weighted by Crippen LogP contribution is 2.18. The lowest BCUT2D eigenvalue weighted by molar-refractivity contribution is 1.12. The van der Waals surface area contributed by atoms with Gasteiger partial charge >= 0.3 is 0 Å². The van der Waals surface area contributed by atoms with E-state index in [-0.39, 0.29) is 12.4 Å². The highest BCUT2D eigenvalue weighted by Gasteiger charge is 1.98. The summed E-state index contributed by atoms with van der Waals surface area (Å²) in [5.74, 6) is 0. The Bertz CT molecular complexity index is 246. The van der Waals surface area contributed by atoms with Crippen LogP contribution in [0.4, 0.5) is 5.69 Å². The highest BCUT2D eigenvalue weighted by molar-refractivity contribution is 5.85. The van der Waals surface area contributed by atoms with Gasteiger partial charge in [-0.1, -0.05) is 19.1 Å². The molecule has 0 spiro atoms. The average molecular weight is 186 g/mol. The number of anilines is 1. The van der Waals surface area contributed by atoms with Crippen LogP contribution >= 0.6 is 12.4 Å². The molecule has 0 atom stereocenters. The zero-order valence-electron chi connectivity index (χ0n) is 7.85. The normalized spacial score (nSPS) is 9.25. The second kappa shape index (κ2) is 4.36. The van der Waals surface area contributed by atoms with Gasteiger partial charge < -0.3 is 5.73 Å². The monoisotopic (exact) mass is 185 g/mol. The summed E-state index contributed by atoms with van der Waals surface area (Å²) in [4.78, 5) is 0. The molecule has 0 bridgehead atoms. The van der Waals surface area contributed by atoms with Gasteiger partial charge in [0.1, 0.15) is 0 Å². The van der Waals surface area contributed by atoms with Crippen molar-refractivity contribution in [3.05, 3.63) is 28.8 Å². The molecule has 12 heavy (non-hydrogen) atoms. The molecule has 1 aromatic rings. The van der Waals surface area contributed by atoms with Crippen LogP contribution in [-0.4, -0.2) is 0 Å². The van der Waals surface area contributed by atoms with Gasteiger partial charge in [-0.3, -0.25) is 0 Å². The number of benzene rings is 1. The van der Waals surface area contributed by atoms with Gasteiger partial charge in [0.15, 0.2) is 0 Å². The van der Waals surface area contributed by atoms with Crippen LogP contribution in [0.2, 0.25) is 0 Å². The summed E-state index contributed by atoms with van der Waals surface area (Å²) in [7, 11) is 0. The number of nitrogens with two attached hydrogens (primary N) is 1. The predicted molar refractivity (Wildman–Crippen MR) is 57.0 cm³/mol. The van der Waals surface area contributed by atoms with Crippen LogP contribution in [0, 0.1) is 13.8 Å². The molecule has 2 heteroatoms. The van der Waals surface area contributed by atoms with E-state index in [0.29, 0.717) is 0 Å². The Morgan fingerprint density at radius 2 is 1.58 bits per heavy atom. The minimum absolute atomic E-state index is 0. The molecule has 0 heterocycles. The van der Waals surface area contributed by atoms with Crippen molar-refractivity contribution in [1.29, 1.82) is 0 Å². The highest BCUT2D eigenvalue weighted by atomic mass is 35.5. The van der Waals surface area contributed by atoms with Crippen LogP contribution < -0.4 is 5.73 Å². The fourth-order valence-corrected chi connectivity index (χ4v) is 1.27. The van der Waals surface area contributed by atoms with Gasteiger partial charge in [-0.05, 0) is 37.0 Å². The van der Waals surface area contributed by atoms with Gasteiger partial charge in [-0.25, -0.2) is 0 Å². The van der Waals surface area contributed by atoms with Gasteiger partial charge in [-0.2, -0.15) is 0 Å². The van der Waals surface area contributed by atoms with Crippen LogP contribution in [0.5, 0.6) is 0 Å². The Labute approximate surface area is 80.4 Å². The van der Waals surface area contributed by atoms with Crippen LogP contribution in [0.25, 0.3) is 0 Å². The number of halogens is 1. The Morgan fingerprint density at radius 3 is 1.92 bits per heavy atom. The zero-order chi connectivity index (χ0) is 8.43. The Kier molecular flexibility index (Phi) is 4.11. The first kappa shape index (κ1) is 11.3. The fraction of sp³-hybridized carbons (Fsp3) is 0.400. The van der Waals surface area contributed by atoms with Crippen molar-refractivity contribution < 1.29 is 0 Å². The van der Waals surface area contributed by atoms with E-state index in [2.05, 4.69) is 32.9 Å². The maximum Gasteiger partial charge on any atom is 0.0373 e. The summed E-state index contributed by atoms with van der Waals surface area (Å²) in [5, 5.41) is 0. The first-order valence-corrected chi connectivity index (χ1v) is 4.00. The Morgan fingerprint density at radius 1 is 1.17 bits per heavy atom. The summed E-state index contributed by atoms with van der Waals surface area (Å²) in [6.45, 7) is 6.27. The molecule has 0 aliphatic carbocycles. The molecule has 0 unspecified atom stereocenters. The molecule has 1 aromatic carbocycles. The lowest BCUT2D eigenvalue weighted by Gasteiger charge is -2.06. The van der Waals surface area contributed by atoms with Gasteiger partial charge in [-0.15, -0.1) is 12.4 Å². The second-order valence-corrected chi connectivity index (χ2v) is 3.00. The second-order valence-electron chi connectivity index (χ2n) is 3.00. The molecular formula is C10H16ClN. The molecule has 0 saturated carbocycles. The summed E-state index contributed by atoms with van der Waals surface area (Å²) < 4.78 is 0. The third kappa shape index (κ3) is 2.15. The maximum absolute atomic E-state index is 5.81. The van der Waals surface area contributed by atoms with Gasteiger partial charge in [0.25, 0.3) is 0 Å². The SMILES string of the molecule is CCc1cc(C)c(N)c(C)c1.Cl. The van der Waals surface area contributed by atoms with Crippen LogP contribution in [0.15, 0.2) is 12.1 Å². The lowest BCUT2D eigenvalue weighted by Crippen LogP contribution is -1.95. The summed E-state index contributed by atoms with van der Waals surface area (Å²) in [6, 6.07) is 4.31. The third-order valence-corrected chi connectivity index (χ3v) is 2.06. The molecule has 0 aliphatic heterocycles. The van der Waals surface area contributed by atoms with Crippen molar-refractivity contribution in [1.82, 2.24) is 0 Å². The van der Waals surface area contributed by atoms with E-state index in [0.717, 1.165) is 12.1 Å². The first-order chi connectivity index (χ1) is 5.15. The van der Waals surface area contributed by atoms with E-state index in [9.17, 15) is 0 Å². The zero-order valence-corrected chi connectivity index (χ0v) is 8.66. The van der Waals surface area contributed by atoms with Crippen LogP contribution in [0.3, 0.4) is 0 Å². The molecule has 2 N–H and O–H groups in total. The fourth-order valence-electron chi connectivity index (χ4n) is 1.27. The Hall–Kier alpha value is -0.690. The number of aryl methyl sites for hydroxylation is 3. The number of nitrogen functional groups attached to an aromatic ring is 1.